The predicted molar refractivity (Wildman–Crippen MR) is 80.9 cm³/mol. The van der Waals surface area contributed by atoms with Crippen LogP contribution in [0.3, 0.4) is 0 Å². The average Bonchev–Trinajstić information content (AvgIpc) is 2.81. The van der Waals surface area contributed by atoms with Gasteiger partial charge in [0.05, 0.1) is 11.2 Å². The van der Waals surface area contributed by atoms with Gasteiger partial charge in [0, 0.05) is 15.2 Å². The minimum atomic E-state index is 0.603. The van der Waals surface area contributed by atoms with Crippen molar-refractivity contribution in [2.24, 2.45) is 5.92 Å². The fourth-order valence-corrected chi connectivity index (χ4v) is 3.29. The van der Waals surface area contributed by atoms with E-state index in [1.54, 1.807) is 11.3 Å². The van der Waals surface area contributed by atoms with Gasteiger partial charge in [-0.25, -0.2) is 4.98 Å². The third-order valence-corrected chi connectivity index (χ3v) is 4.66. The summed E-state index contributed by atoms with van der Waals surface area (Å²) in [5, 5.41) is 3.15. The highest BCUT2D eigenvalue weighted by Crippen LogP contribution is 2.19. The Kier molecular flexibility index (Phi) is 5.19. The van der Waals surface area contributed by atoms with Crippen molar-refractivity contribution in [1.82, 2.24) is 4.98 Å². The summed E-state index contributed by atoms with van der Waals surface area (Å²) in [6, 6.07) is 8.53. The Bertz CT molecular complexity index is 456. The molecule has 1 nitrogen and oxygen atoms in total. The molecule has 0 radical (unpaired) electrons. The van der Waals surface area contributed by atoms with Gasteiger partial charge < -0.3 is 0 Å². The van der Waals surface area contributed by atoms with Gasteiger partial charge >= 0.3 is 0 Å². The van der Waals surface area contributed by atoms with Crippen LogP contribution in [-0.2, 0) is 12.8 Å². The molecule has 0 saturated heterocycles. The van der Waals surface area contributed by atoms with Gasteiger partial charge in [-0.1, -0.05) is 44.0 Å². The number of aromatic nitrogens is 1. The molecule has 1 unspecified atom stereocenters. The van der Waals surface area contributed by atoms with Crippen molar-refractivity contribution in [2.45, 2.75) is 12.8 Å². The van der Waals surface area contributed by atoms with Crippen molar-refractivity contribution < 1.29 is 0 Å². The van der Waals surface area contributed by atoms with Crippen molar-refractivity contribution >= 4 is 43.2 Å². The molecule has 0 spiro atoms. The summed E-state index contributed by atoms with van der Waals surface area (Å²) in [6.45, 7) is 0. The van der Waals surface area contributed by atoms with E-state index in [2.05, 4.69) is 66.5 Å². The second-order valence-corrected chi connectivity index (χ2v) is 6.32. The number of thiazole rings is 1. The van der Waals surface area contributed by atoms with Crippen LogP contribution in [-0.4, -0.2) is 10.3 Å². The molecule has 0 bridgehead atoms. The zero-order valence-corrected chi connectivity index (χ0v) is 13.3. The zero-order chi connectivity index (χ0) is 12.1. The van der Waals surface area contributed by atoms with Gasteiger partial charge in [-0.3, -0.25) is 0 Å². The zero-order valence-electron chi connectivity index (χ0n) is 9.27. The Morgan fingerprint density at radius 3 is 2.82 bits per heavy atom. The van der Waals surface area contributed by atoms with Crippen LogP contribution in [0.25, 0.3) is 0 Å². The Morgan fingerprint density at radius 1 is 1.29 bits per heavy atom. The van der Waals surface area contributed by atoms with Crippen LogP contribution in [0, 0.1) is 5.92 Å². The molecule has 0 saturated carbocycles. The maximum absolute atomic E-state index is 4.35. The monoisotopic (exact) mass is 373 g/mol. The lowest BCUT2D eigenvalue weighted by Gasteiger charge is -2.12. The topological polar surface area (TPSA) is 12.9 Å². The van der Waals surface area contributed by atoms with E-state index in [-0.39, 0.29) is 0 Å². The van der Waals surface area contributed by atoms with Crippen LogP contribution in [0.2, 0.25) is 0 Å². The first-order valence-electron chi connectivity index (χ1n) is 5.45. The molecule has 1 heterocycles. The van der Waals surface area contributed by atoms with E-state index >= 15 is 0 Å². The van der Waals surface area contributed by atoms with Crippen molar-refractivity contribution in [3.8, 4) is 0 Å². The molecule has 0 N–H and O–H groups in total. The highest BCUT2D eigenvalue weighted by molar-refractivity contribution is 9.10. The number of benzene rings is 1. The molecule has 4 heteroatoms. The molecule has 0 amide bonds. The lowest BCUT2D eigenvalue weighted by molar-refractivity contribution is 0.584. The first-order chi connectivity index (χ1) is 8.28. The number of halogens is 2. The molecule has 2 rings (SSSR count). The van der Waals surface area contributed by atoms with E-state index in [4.69, 9.17) is 0 Å². The number of alkyl halides is 1. The molecule has 17 heavy (non-hydrogen) atoms. The minimum absolute atomic E-state index is 0.603. The Labute approximate surface area is 123 Å². The molecule has 0 aliphatic carbocycles. The van der Waals surface area contributed by atoms with Gasteiger partial charge in [-0.15, -0.1) is 11.3 Å². The molecule has 0 fully saturated rings. The van der Waals surface area contributed by atoms with Crippen molar-refractivity contribution in [2.75, 3.05) is 5.33 Å². The lowest BCUT2D eigenvalue weighted by Crippen LogP contribution is -2.10. The first-order valence-corrected chi connectivity index (χ1v) is 8.31. The van der Waals surface area contributed by atoms with Crippen LogP contribution in [0.1, 0.15) is 11.3 Å². The fourth-order valence-electron chi connectivity index (χ4n) is 1.81. The molecule has 2 aromatic rings. The van der Waals surface area contributed by atoms with Crippen molar-refractivity contribution in [3.05, 3.63) is 50.9 Å². The Morgan fingerprint density at radius 2 is 2.18 bits per heavy atom. The van der Waals surface area contributed by atoms with Crippen LogP contribution in [0.4, 0.5) is 0 Å². The van der Waals surface area contributed by atoms with E-state index in [0.717, 1.165) is 22.6 Å². The van der Waals surface area contributed by atoms with Crippen LogP contribution in [0.15, 0.2) is 39.6 Å². The Balaban J connectivity index is 2.00. The van der Waals surface area contributed by atoms with Crippen LogP contribution >= 0.6 is 43.2 Å². The Hall–Kier alpha value is -0.190. The lowest BCUT2D eigenvalue weighted by atomic mass is 9.97. The van der Waals surface area contributed by atoms with E-state index in [9.17, 15) is 0 Å². The standard InChI is InChI=1S/C13H13Br2NS/c14-7-11(6-13-8-17-9-16-13)4-10-2-1-3-12(15)5-10/h1-3,5,8-9,11H,4,6-7H2. The van der Waals surface area contributed by atoms with E-state index in [0.29, 0.717) is 5.92 Å². The molecule has 1 aromatic carbocycles. The smallest absolute Gasteiger partial charge is 0.0794 e. The first kappa shape index (κ1) is 13.2. The van der Waals surface area contributed by atoms with Crippen LogP contribution in [0.5, 0.6) is 0 Å². The predicted octanol–water partition coefficient (Wildman–Crippen LogP) is 4.70. The average molecular weight is 375 g/mol. The quantitative estimate of drug-likeness (QED) is 0.691. The van der Waals surface area contributed by atoms with Gasteiger partial charge in [0.1, 0.15) is 0 Å². The number of hydrogen-bond acceptors (Lipinski definition) is 2. The highest BCUT2D eigenvalue weighted by atomic mass is 79.9. The van der Waals surface area contributed by atoms with Gasteiger partial charge in [-0.05, 0) is 36.5 Å². The SMILES string of the molecule is BrCC(Cc1cccc(Br)c1)Cc1cscn1. The normalized spacial score (nSPS) is 12.6. The maximum atomic E-state index is 4.35. The molecule has 90 valence electrons. The summed E-state index contributed by atoms with van der Waals surface area (Å²) in [4.78, 5) is 4.35. The molecular formula is C13H13Br2NS. The van der Waals surface area contributed by atoms with Crippen molar-refractivity contribution in [3.63, 3.8) is 0 Å². The van der Waals surface area contributed by atoms with E-state index < -0.39 is 0 Å². The maximum Gasteiger partial charge on any atom is 0.0794 e. The fraction of sp³-hybridized carbons (Fsp3) is 0.308. The summed E-state index contributed by atoms with van der Waals surface area (Å²) in [6.07, 6.45) is 2.13. The van der Waals surface area contributed by atoms with E-state index in [1.807, 2.05) is 5.51 Å². The second kappa shape index (κ2) is 6.66. The molecule has 0 aliphatic rings. The summed E-state index contributed by atoms with van der Waals surface area (Å²) in [7, 11) is 0. The third kappa shape index (κ3) is 4.19. The number of rotatable bonds is 5. The third-order valence-electron chi connectivity index (χ3n) is 2.61. The molecular weight excluding hydrogens is 362 g/mol. The summed E-state index contributed by atoms with van der Waals surface area (Å²) < 4.78 is 1.15. The van der Waals surface area contributed by atoms with Gasteiger partial charge in [0.25, 0.3) is 0 Å². The number of nitrogens with zero attached hydrogens (tertiary/aromatic N) is 1. The molecule has 1 aromatic heterocycles. The summed E-state index contributed by atoms with van der Waals surface area (Å²) >= 11 is 8.78. The molecule has 1 atom stereocenters. The van der Waals surface area contributed by atoms with Gasteiger partial charge in [0.15, 0.2) is 0 Å². The summed E-state index contributed by atoms with van der Waals surface area (Å²) in [5.41, 5.74) is 4.48. The van der Waals surface area contributed by atoms with Crippen LogP contribution < -0.4 is 0 Å². The van der Waals surface area contributed by atoms with Gasteiger partial charge in [0.2, 0.25) is 0 Å². The van der Waals surface area contributed by atoms with Crippen molar-refractivity contribution in [1.29, 1.82) is 0 Å². The second-order valence-electron chi connectivity index (χ2n) is 4.04. The minimum Gasteiger partial charge on any atom is -0.250 e. The highest BCUT2D eigenvalue weighted by Gasteiger charge is 2.10. The van der Waals surface area contributed by atoms with Gasteiger partial charge in [-0.2, -0.15) is 0 Å². The summed E-state index contributed by atoms with van der Waals surface area (Å²) in [5.74, 6) is 0.603. The molecule has 0 aliphatic heterocycles. The van der Waals surface area contributed by atoms with E-state index in [1.165, 1.54) is 11.3 Å². The largest absolute Gasteiger partial charge is 0.250 e. The number of hydrogen-bond donors (Lipinski definition) is 0.